The van der Waals surface area contributed by atoms with Crippen molar-refractivity contribution < 1.29 is 4.79 Å². The second-order valence-electron chi connectivity index (χ2n) is 7.50. The minimum atomic E-state index is 0.149. The molecular formula is C19H30N4O. The molecule has 0 spiro atoms. The Bertz CT molecular complexity index is 535. The van der Waals surface area contributed by atoms with Gasteiger partial charge in [-0.15, -0.1) is 0 Å². The van der Waals surface area contributed by atoms with E-state index in [-0.39, 0.29) is 6.03 Å². The molecule has 0 aromatic carbocycles. The molecule has 1 aromatic rings. The number of likely N-dealkylation sites (tertiary alicyclic amines) is 1. The number of rotatable bonds is 7. The molecule has 0 radical (unpaired) electrons. The van der Waals surface area contributed by atoms with Crippen LogP contribution in [0.4, 0.5) is 4.79 Å². The summed E-state index contributed by atoms with van der Waals surface area (Å²) in [6, 6.07) is 4.68. The number of hydrogen-bond donors (Lipinski definition) is 1. The Balaban J connectivity index is 1.38. The van der Waals surface area contributed by atoms with E-state index in [1.165, 1.54) is 24.8 Å². The van der Waals surface area contributed by atoms with Crippen LogP contribution < -0.4 is 5.32 Å². The van der Waals surface area contributed by atoms with Crippen LogP contribution in [0.1, 0.15) is 38.2 Å². The predicted octanol–water partition coefficient (Wildman–Crippen LogP) is 2.73. The van der Waals surface area contributed by atoms with Gasteiger partial charge in [-0.1, -0.05) is 19.4 Å². The maximum Gasteiger partial charge on any atom is 0.317 e. The zero-order valence-corrected chi connectivity index (χ0v) is 14.9. The summed E-state index contributed by atoms with van der Waals surface area (Å²) in [5.74, 6) is 1.30. The molecule has 24 heavy (non-hydrogen) atoms. The highest BCUT2D eigenvalue weighted by Crippen LogP contribution is 2.34. The third-order valence-electron chi connectivity index (χ3n) is 5.21. The standard InChI is InChI=1S/C19H30N4O/c1-3-5-17-10-18(17)21-19(24)23-9-7-16(14-23)13-22(2)12-15-6-4-8-20-11-15/h4,6,8,11,16-18H,3,5,7,9-10,12-14H2,1-2H3,(H,21,24)/t16-,17-,18-/m1/s1. The SMILES string of the molecule is CCC[C@@H]1C[C@H]1NC(=O)N1CC[C@H](CN(C)Cc2cccnc2)C1. The van der Waals surface area contributed by atoms with Gasteiger partial charge in [-0.25, -0.2) is 4.79 Å². The minimum absolute atomic E-state index is 0.149. The largest absolute Gasteiger partial charge is 0.335 e. The molecule has 1 aliphatic carbocycles. The van der Waals surface area contributed by atoms with Gasteiger partial charge in [0.1, 0.15) is 0 Å². The zero-order valence-electron chi connectivity index (χ0n) is 14.9. The Labute approximate surface area is 145 Å². The maximum absolute atomic E-state index is 12.4. The van der Waals surface area contributed by atoms with Crippen LogP contribution in [0.3, 0.4) is 0 Å². The van der Waals surface area contributed by atoms with E-state index >= 15 is 0 Å². The lowest BCUT2D eigenvalue weighted by molar-refractivity contribution is 0.202. The summed E-state index contributed by atoms with van der Waals surface area (Å²) in [4.78, 5) is 20.9. The van der Waals surface area contributed by atoms with E-state index in [2.05, 4.69) is 35.2 Å². The topological polar surface area (TPSA) is 48.5 Å². The summed E-state index contributed by atoms with van der Waals surface area (Å²) in [5, 5.41) is 3.21. The average Bonchev–Trinajstić information content (AvgIpc) is 3.11. The molecule has 3 atom stereocenters. The van der Waals surface area contributed by atoms with Crippen molar-refractivity contribution in [3.05, 3.63) is 30.1 Å². The number of nitrogens with one attached hydrogen (secondary N) is 1. The first-order chi connectivity index (χ1) is 11.7. The molecule has 2 aliphatic rings. The molecule has 3 rings (SSSR count). The third-order valence-corrected chi connectivity index (χ3v) is 5.21. The quantitative estimate of drug-likeness (QED) is 0.836. The van der Waals surface area contributed by atoms with Crippen molar-refractivity contribution in [2.24, 2.45) is 11.8 Å². The normalized spacial score (nSPS) is 26.0. The molecule has 2 fully saturated rings. The van der Waals surface area contributed by atoms with Crippen LogP contribution in [-0.4, -0.2) is 53.5 Å². The van der Waals surface area contributed by atoms with Crippen LogP contribution in [0.2, 0.25) is 0 Å². The van der Waals surface area contributed by atoms with Crippen molar-refractivity contribution in [3.8, 4) is 0 Å². The molecule has 1 saturated carbocycles. The number of aromatic nitrogens is 1. The van der Waals surface area contributed by atoms with Gasteiger partial charge in [-0.2, -0.15) is 0 Å². The van der Waals surface area contributed by atoms with Gasteiger partial charge in [0.2, 0.25) is 0 Å². The van der Waals surface area contributed by atoms with Crippen LogP contribution in [0.15, 0.2) is 24.5 Å². The molecule has 2 heterocycles. The minimum Gasteiger partial charge on any atom is -0.335 e. The van der Waals surface area contributed by atoms with Gasteiger partial charge in [0.05, 0.1) is 0 Å². The number of carbonyl (C=O) groups excluding carboxylic acids is 1. The summed E-state index contributed by atoms with van der Waals surface area (Å²) in [6.45, 7) is 5.93. The molecule has 2 amide bonds. The third kappa shape index (κ3) is 4.69. The van der Waals surface area contributed by atoms with Gasteiger partial charge < -0.3 is 15.1 Å². The molecule has 1 aromatic heterocycles. The second kappa shape index (κ2) is 7.97. The monoisotopic (exact) mass is 330 g/mol. The number of amides is 2. The van der Waals surface area contributed by atoms with Gasteiger partial charge in [-0.05, 0) is 49.8 Å². The van der Waals surface area contributed by atoms with Crippen LogP contribution in [0.25, 0.3) is 0 Å². The van der Waals surface area contributed by atoms with Gasteiger partial charge >= 0.3 is 6.03 Å². The molecule has 132 valence electrons. The Kier molecular flexibility index (Phi) is 5.72. The highest BCUT2D eigenvalue weighted by Gasteiger charge is 2.38. The van der Waals surface area contributed by atoms with E-state index in [0.717, 1.165) is 38.5 Å². The van der Waals surface area contributed by atoms with Crippen molar-refractivity contribution in [3.63, 3.8) is 0 Å². The van der Waals surface area contributed by atoms with Crippen molar-refractivity contribution in [2.75, 3.05) is 26.7 Å². The van der Waals surface area contributed by atoms with Crippen molar-refractivity contribution in [1.82, 2.24) is 20.1 Å². The van der Waals surface area contributed by atoms with E-state index in [0.29, 0.717) is 12.0 Å². The van der Waals surface area contributed by atoms with Gasteiger partial charge in [0, 0.05) is 44.6 Å². The fourth-order valence-electron chi connectivity index (χ4n) is 3.84. The Hall–Kier alpha value is -1.62. The highest BCUT2D eigenvalue weighted by molar-refractivity contribution is 5.75. The molecule has 5 heteroatoms. The lowest BCUT2D eigenvalue weighted by Crippen LogP contribution is -2.40. The number of hydrogen-bond acceptors (Lipinski definition) is 3. The summed E-state index contributed by atoms with van der Waals surface area (Å²) in [5.41, 5.74) is 1.24. The van der Waals surface area contributed by atoms with E-state index in [1.54, 1.807) is 0 Å². The van der Waals surface area contributed by atoms with Crippen LogP contribution >= 0.6 is 0 Å². The van der Waals surface area contributed by atoms with Crippen LogP contribution in [0.5, 0.6) is 0 Å². The Morgan fingerprint density at radius 1 is 1.50 bits per heavy atom. The summed E-state index contributed by atoms with van der Waals surface area (Å²) >= 11 is 0. The average molecular weight is 330 g/mol. The second-order valence-corrected chi connectivity index (χ2v) is 7.50. The fourth-order valence-corrected chi connectivity index (χ4v) is 3.84. The van der Waals surface area contributed by atoms with E-state index in [9.17, 15) is 4.79 Å². The smallest absolute Gasteiger partial charge is 0.317 e. The first-order valence-corrected chi connectivity index (χ1v) is 9.28. The predicted molar refractivity (Wildman–Crippen MR) is 95.6 cm³/mol. The van der Waals surface area contributed by atoms with Gasteiger partial charge in [-0.3, -0.25) is 4.98 Å². The number of urea groups is 1. The molecule has 5 nitrogen and oxygen atoms in total. The maximum atomic E-state index is 12.4. The summed E-state index contributed by atoms with van der Waals surface area (Å²) in [6.07, 6.45) is 8.46. The summed E-state index contributed by atoms with van der Waals surface area (Å²) < 4.78 is 0. The molecule has 1 saturated heterocycles. The highest BCUT2D eigenvalue weighted by atomic mass is 16.2. The zero-order chi connectivity index (χ0) is 16.9. The molecule has 1 N–H and O–H groups in total. The van der Waals surface area contributed by atoms with Crippen molar-refractivity contribution >= 4 is 6.03 Å². The molecule has 1 aliphatic heterocycles. The molecule has 0 bridgehead atoms. The van der Waals surface area contributed by atoms with E-state index < -0.39 is 0 Å². The Morgan fingerprint density at radius 3 is 3.12 bits per heavy atom. The fraction of sp³-hybridized carbons (Fsp3) is 0.684. The van der Waals surface area contributed by atoms with E-state index in [1.807, 2.05) is 23.4 Å². The van der Waals surface area contributed by atoms with Gasteiger partial charge in [0.15, 0.2) is 0 Å². The number of carbonyl (C=O) groups is 1. The lowest BCUT2D eigenvalue weighted by atomic mass is 10.1. The number of nitrogens with zero attached hydrogens (tertiary/aromatic N) is 3. The molecular weight excluding hydrogens is 300 g/mol. The Morgan fingerprint density at radius 2 is 2.38 bits per heavy atom. The first kappa shape index (κ1) is 17.2. The molecule has 0 unspecified atom stereocenters. The van der Waals surface area contributed by atoms with E-state index in [4.69, 9.17) is 0 Å². The van der Waals surface area contributed by atoms with Crippen molar-refractivity contribution in [2.45, 2.75) is 45.2 Å². The van der Waals surface area contributed by atoms with Gasteiger partial charge in [0.25, 0.3) is 0 Å². The van der Waals surface area contributed by atoms with Crippen LogP contribution in [-0.2, 0) is 6.54 Å². The number of pyridine rings is 1. The lowest BCUT2D eigenvalue weighted by Gasteiger charge is -2.22. The van der Waals surface area contributed by atoms with Crippen LogP contribution in [0, 0.1) is 11.8 Å². The summed E-state index contributed by atoms with van der Waals surface area (Å²) in [7, 11) is 2.15. The first-order valence-electron chi connectivity index (χ1n) is 9.28. The van der Waals surface area contributed by atoms with Crippen molar-refractivity contribution in [1.29, 1.82) is 0 Å².